The van der Waals surface area contributed by atoms with Gasteiger partial charge in [0.15, 0.2) is 10.5 Å². The van der Waals surface area contributed by atoms with Crippen molar-refractivity contribution in [3.8, 4) is 0 Å². The molecule has 162 valence electrons. The van der Waals surface area contributed by atoms with Crippen LogP contribution in [0.4, 0.5) is 11.5 Å². The van der Waals surface area contributed by atoms with Crippen LogP contribution in [-0.2, 0) is 0 Å². The van der Waals surface area contributed by atoms with Crippen molar-refractivity contribution in [1.29, 1.82) is 0 Å². The van der Waals surface area contributed by atoms with Crippen LogP contribution in [0.2, 0.25) is 0 Å². The third kappa shape index (κ3) is 5.85. The van der Waals surface area contributed by atoms with Gasteiger partial charge in [0.25, 0.3) is 5.56 Å². The molecule has 0 aliphatic heterocycles. The average molecular weight is 436 g/mol. The maximum atomic E-state index is 13.1. The zero-order valence-corrected chi connectivity index (χ0v) is 19.2. The molecule has 0 saturated heterocycles. The summed E-state index contributed by atoms with van der Waals surface area (Å²) in [4.78, 5) is 37.6. The van der Waals surface area contributed by atoms with E-state index in [9.17, 15) is 9.59 Å². The maximum absolute atomic E-state index is 13.1. The number of anilines is 1. The SMILES string of the molecule is CCCCN(CCCC)c1nc(=O)c2ccccc2c(=O)sc1=Nc1ccc(C)cc1. The number of hydrogen-bond donors (Lipinski definition) is 0. The first kappa shape index (κ1) is 22.8. The van der Waals surface area contributed by atoms with E-state index in [-0.39, 0.29) is 4.74 Å². The van der Waals surface area contributed by atoms with Crippen LogP contribution in [0.5, 0.6) is 0 Å². The fourth-order valence-electron chi connectivity index (χ4n) is 3.28. The van der Waals surface area contributed by atoms with Crippen LogP contribution >= 0.6 is 11.3 Å². The van der Waals surface area contributed by atoms with Gasteiger partial charge in [0.2, 0.25) is 4.74 Å². The molecular weight excluding hydrogens is 406 g/mol. The second kappa shape index (κ2) is 11.0. The first-order valence-corrected chi connectivity index (χ1v) is 11.7. The highest BCUT2D eigenvalue weighted by Crippen LogP contribution is 2.14. The van der Waals surface area contributed by atoms with Crippen molar-refractivity contribution < 1.29 is 0 Å². The van der Waals surface area contributed by atoms with Gasteiger partial charge in [0.1, 0.15) is 0 Å². The number of unbranched alkanes of at least 4 members (excludes halogenated alkanes) is 2. The van der Waals surface area contributed by atoms with Crippen molar-refractivity contribution in [3.63, 3.8) is 0 Å². The van der Waals surface area contributed by atoms with Crippen molar-refractivity contribution in [1.82, 2.24) is 4.98 Å². The van der Waals surface area contributed by atoms with E-state index >= 15 is 0 Å². The number of fused-ring (bicyclic) bond motifs is 1. The Kier molecular flexibility index (Phi) is 8.06. The van der Waals surface area contributed by atoms with Gasteiger partial charge in [0, 0.05) is 18.5 Å². The Balaban J connectivity index is 2.36. The first-order chi connectivity index (χ1) is 15.0. The number of rotatable bonds is 8. The van der Waals surface area contributed by atoms with Crippen molar-refractivity contribution >= 4 is 33.6 Å². The Bertz CT molecular complexity index is 1210. The summed E-state index contributed by atoms with van der Waals surface area (Å²) >= 11 is 1.05. The van der Waals surface area contributed by atoms with Crippen LogP contribution in [0.1, 0.15) is 45.1 Å². The molecule has 0 radical (unpaired) electrons. The van der Waals surface area contributed by atoms with E-state index in [1.165, 1.54) is 0 Å². The van der Waals surface area contributed by atoms with Crippen LogP contribution in [0.3, 0.4) is 0 Å². The first-order valence-electron chi connectivity index (χ1n) is 10.9. The molecule has 3 aromatic rings. The normalized spacial score (nSPS) is 11.6. The standard InChI is InChI=1S/C25H29N3O2S/c1-4-6-16-28(17-7-5-2)22-24(26-19-14-12-18(3)13-15-19)31-25(30)21-11-9-8-10-20(21)23(29)27-22/h8-15H,4-7,16-17H2,1-3H3. The van der Waals surface area contributed by atoms with E-state index in [1.54, 1.807) is 24.3 Å². The fraction of sp³-hybridized carbons (Fsp3) is 0.360. The number of benzene rings is 2. The van der Waals surface area contributed by atoms with Gasteiger partial charge in [-0.2, -0.15) is 4.98 Å². The Morgan fingerprint density at radius 2 is 1.52 bits per heavy atom. The quantitative estimate of drug-likeness (QED) is 0.501. The summed E-state index contributed by atoms with van der Waals surface area (Å²) in [5, 5.41) is 0.725. The summed E-state index contributed by atoms with van der Waals surface area (Å²) in [6, 6.07) is 14.7. The van der Waals surface area contributed by atoms with Crippen LogP contribution < -0.4 is 19.9 Å². The van der Waals surface area contributed by atoms with Gasteiger partial charge < -0.3 is 4.90 Å². The van der Waals surface area contributed by atoms with Gasteiger partial charge in [-0.1, -0.05) is 67.9 Å². The number of nitrogens with zero attached hydrogens (tertiary/aromatic N) is 3. The third-order valence-corrected chi connectivity index (χ3v) is 5.97. The molecule has 1 aromatic heterocycles. The zero-order chi connectivity index (χ0) is 22.2. The lowest BCUT2D eigenvalue weighted by atomic mass is 10.2. The molecule has 0 N–H and O–H groups in total. The molecule has 0 aliphatic carbocycles. The number of aryl methyl sites for hydroxylation is 1. The smallest absolute Gasteiger partial charge is 0.279 e. The molecule has 0 amide bonds. The van der Waals surface area contributed by atoms with Crippen LogP contribution in [-0.4, -0.2) is 18.1 Å². The van der Waals surface area contributed by atoms with Gasteiger partial charge >= 0.3 is 0 Å². The van der Waals surface area contributed by atoms with Gasteiger partial charge in [-0.15, -0.1) is 0 Å². The molecule has 6 heteroatoms. The van der Waals surface area contributed by atoms with E-state index < -0.39 is 5.56 Å². The zero-order valence-electron chi connectivity index (χ0n) is 18.4. The Morgan fingerprint density at radius 3 is 2.13 bits per heavy atom. The van der Waals surface area contributed by atoms with E-state index in [1.807, 2.05) is 31.2 Å². The minimum atomic E-state index is -0.395. The Hall–Kier alpha value is -2.86. The molecule has 0 unspecified atom stereocenters. The van der Waals surface area contributed by atoms with Crippen LogP contribution in [0, 0.1) is 6.92 Å². The average Bonchev–Trinajstić information content (AvgIpc) is 2.78. The van der Waals surface area contributed by atoms with E-state index in [0.29, 0.717) is 21.3 Å². The maximum Gasteiger partial charge on any atom is 0.279 e. The number of aromatic nitrogens is 1. The summed E-state index contributed by atoms with van der Waals surface area (Å²) in [6.45, 7) is 7.83. The highest BCUT2D eigenvalue weighted by atomic mass is 32.1. The summed E-state index contributed by atoms with van der Waals surface area (Å²) in [7, 11) is 0. The van der Waals surface area contributed by atoms with Gasteiger partial charge in [0.05, 0.1) is 11.1 Å². The predicted molar refractivity (Wildman–Crippen MR) is 131 cm³/mol. The minimum absolute atomic E-state index is 0.187. The Labute approximate surface area is 186 Å². The molecule has 2 aromatic carbocycles. The highest BCUT2D eigenvalue weighted by Gasteiger charge is 2.13. The molecule has 0 spiro atoms. The molecule has 31 heavy (non-hydrogen) atoms. The predicted octanol–water partition coefficient (Wildman–Crippen LogP) is 4.96. The van der Waals surface area contributed by atoms with Crippen molar-refractivity contribution in [2.24, 2.45) is 4.99 Å². The molecule has 0 fully saturated rings. The van der Waals surface area contributed by atoms with Crippen molar-refractivity contribution in [3.05, 3.63) is 78.7 Å². The van der Waals surface area contributed by atoms with Gasteiger partial charge in [-0.25, -0.2) is 4.99 Å². The molecule has 5 nitrogen and oxygen atoms in total. The molecule has 0 saturated carbocycles. The lowest BCUT2D eigenvalue weighted by molar-refractivity contribution is 0.669. The van der Waals surface area contributed by atoms with Gasteiger partial charge in [-0.05, 0) is 44.0 Å². The lowest BCUT2D eigenvalue weighted by Gasteiger charge is -2.22. The molecular formula is C25H29N3O2S. The lowest BCUT2D eigenvalue weighted by Crippen LogP contribution is -2.32. The second-order valence-corrected chi connectivity index (χ2v) is 8.58. The van der Waals surface area contributed by atoms with Crippen molar-refractivity contribution in [2.45, 2.75) is 46.5 Å². The van der Waals surface area contributed by atoms with E-state index in [0.717, 1.165) is 61.4 Å². The molecule has 0 atom stereocenters. The monoisotopic (exact) mass is 435 g/mol. The molecule has 0 bridgehead atoms. The highest BCUT2D eigenvalue weighted by molar-refractivity contribution is 7.07. The number of hydrogen-bond acceptors (Lipinski definition) is 6. The van der Waals surface area contributed by atoms with Crippen LogP contribution in [0.15, 0.2) is 63.1 Å². The molecule has 3 rings (SSSR count). The molecule has 0 aliphatic rings. The third-order valence-electron chi connectivity index (χ3n) is 5.09. The minimum Gasteiger partial charge on any atom is -0.354 e. The summed E-state index contributed by atoms with van der Waals surface area (Å²) in [6.07, 6.45) is 4.01. The van der Waals surface area contributed by atoms with Crippen molar-refractivity contribution in [2.75, 3.05) is 18.0 Å². The fourth-order valence-corrected chi connectivity index (χ4v) is 4.16. The van der Waals surface area contributed by atoms with E-state index in [2.05, 4.69) is 23.7 Å². The summed E-state index contributed by atoms with van der Waals surface area (Å²) in [5.74, 6) is 0.500. The summed E-state index contributed by atoms with van der Waals surface area (Å²) in [5.41, 5.74) is 1.48. The topological polar surface area (TPSA) is 62.6 Å². The largest absolute Gasteiger partial charge is 0.354 e. The second-order valence-electron chi connectivity index (χ2n) is 7.62. The van der Waals surface area contributed by atoms with Crippen LogP contribution in [0.25, 0.3) is 10.8 Å². The van der Waals surface area contributed by atoms with E-state index in [4.69, 9.17) is 4.99 Å². The Morgan fingerprint density at radius 1 is 0.903 bits per heavy atom. The van der Waals surface area contributed by atoms with Gasteiger partial charge in [-0.3, -0.25) is 9.59 Å². The summed E-state index contributed by atoms with van der Waals surface area (Å²) < 4.78 is 0.289. The molecule has 1 heterocycles.